The van der Waals surface area contributed by atoms with Gasteiger partial charge in [-0.25, -0.2) is 8.42 Å². The van der Waals surface area contributed by atoms with E-state index in [2.05, 4.69) is 11.4 Å². The van der Waals surface area contributed by atoms with E-state index in [0.717, 1.165) is 47.3 Å². The van der Waals surface area contributed by atoms with Crippen LogP contribution in [-0.4, -0.2) is 31.3 Å². The lowest BCUT2D eigenvalue weighted by Crippen LogP contribution is -2.50. The maximum atomic E-state index is 13.8. The van der Waals surface area contributed by atoms with Gasteiger partial charge in [0, 0.05) is 11.4 Å². The normalized spacial score (nSPS) is 17.5. The summed E-state index contributed by atoms with van der Waals surface area (Å²) < 4.78 is 34.3. The molecule has 5 rings (SSSR count). The monoisotopic (exact) mass is 521 g/mol. The van der Waals surface area contributed by atoms with Gasteiger partial charge in [0.05, 0.1) is 17.1 Å². The first-order valence-corrected chi connectivity index (χ1v) is 14.3. The average molecular weight is 522 g/mol. The number of thiophene rings is 1. The minimum absolute atomic E-state index is 0.0931. The first kappa shape index (κ1) is 24.5. The fourth-order valence-electron chi connectivity index (χ4n) is 4.95. The van der Waals surface area contributed by atoms with Crippen LogP contribution in [0.2, 0.25) is 0 Å². The minimum atomic E-state index is -3.99. The maximum Gasteiger partial charge on any atom is 0.244 e. The average Bonchev–Trinajstić information content (AvgIpc) is 3.25. The van der Waals surface area contributed by atoms with Crippen LogP contribution in [0.4, 0.5) is 5.00 Å². The van der Waals surface area contributed by atoms with Gasteiger partial charge in [-0.15, -0.1) is 11.3 Å². The fourth-order valence-corrected chi connectivity index (χ4v) is 7.76. The Hall–Kier alpha value is -3.19. The highest BCUT2D eigenvalue weighted by Crippen LogP contribution is 2.38. The molecule has 2 heterocycles. The molecule has 0 spiro atoms. The van der Waals surface area contributed by atoms with Gasteiger partial charge in [0.15, 0.2) is 0 Å². The van der Waals surface area contributed by atoms with Crippen molar-refractivity contribution >= 4 is 32.3 Å². The quantitative estimate of drug-likeness (QED) is 0.509. The maximum absolute atomic E-state index is 13.8. The number of nitrogens with one attached hydrogen (secondary N) is 1. The summed E-state index contributed by atoms with van der Waals surface area (Å²) in [6, 6.07) is 15.2. The van der Waals surface area contributed by atoms with E-state index in [1.165, 1.54) is 27.8 Å². The van der Waals surface area contributed by atoms with Crippen molar-refractivity contribution in [3.05, 3.63) is 75.7 Å². The third-order valence-electron chi connectivity index (χ3n) is 6.77. The van der Waals surface area contributed by atoms with Crippen molar-refractivity contribution in [2.45, 2.75) is 56.5 Å². The SMILES string of the molecule is CCOc1ccc(S(=O)(=O)N2Cc3ccccc3CC2C(=O)Nc2sc3c(c2C#N)CCCC3)cc1. The van der Waals surface area contributed by atoms with Crippen LogP contribution >= 0.6 is 11.3 Å². The molecule has 0 bridgehead atoms. The highest BCUT2D eigenvalue weighted by molar-refractivity contribution is 7.89. The number of benzene rings is 2. The molecule has 2 aliphatic rings. The van der Waals surface area contributed by atoms with Gasteiger partial charge in [-0.05, 0) is 80.0 Å². The topological polar surface area (TPSA) is 99.5 Å². The van der Waals surface area contributed by atoms with Crippen LogP contribution in [0.25, 0.3) is 0 Å². The lowest BCUT2D eigenvalue weighted by atomic mass is 9.95. The molecule has 1 amide bonds. The van der Waals surface area contributed by atoms with Gasteiger partial charge in [0.2, 0.25) is 15.9 Å². The Balaban J connectivity index is 1.49. The predicted molar refractivity (Wildman–Crippen MR) is 139 cm³/mol. The number of aryl methyl sites for hydroxylation is 1. The molecule has 1 atom stereocenters. The lowest BCUT2D eigenvalue weighted by molar-refractivity contribution is -0.120. The molecule has 1 unspecified atom stereocenters. The molecular formula is C27H27N3O4S2. The fraction of sp³-hybridized carbons (Fsp3) is 0.333. The van der Waals surface area contributed by atoms with E-state index in [4.69, 9.17) is 4.74 Å². The Kier molecular flexibility index (Phi) is 6.84. The molecule has 1 aromatic heterocycles. The number of carbonyl (C=O) groups is 1. The van der Waals surface area contributed by atoms with Crippen LogP contribution in [0, 0.1) is 11.3 Å². The lowest BCUT2D eigenvalue weighted by Gasteiger charge is -2.35. The summed E-state index contributed by atoms with van der Waals surface area (Å²) >= 11 is 1.44. The van der Waals surface area contributed by atoms with Crippen LogP contribution in [0.3, 0.4) is 0 Å². The number of nitriles is 1. The summed E-state index contributed by atoms with van der Waals surface area (Å²) in [4.78, 5) is 14.9. The Morgan fingerprint density at radius 3 is 2.58 bits per heavy atom. The Morgan fingerprint density at radius 2 is 1.86 bits per heavy atom. The van der Waals surface area contributed by atoms with E-state index in [0.29, 0.717) is 22.9 Å². The number of carbonyl (C=O) groups excluding carboxylic acids is 1. The zero-order valence-corrected chi connectivity index (χ0v) is 21.6. The molecule has 0 saturated carbocycles. The largest absolute Gasteiger partial charge is 0.494 e. The van der Waals surface area contributed by atoms with Crippen molar-refractivity contribution in [1.82, 2.24) is 4.31 Å². The van der Waals surface area contributed by atoms with E-state index < -0.39 is 22.0 Å². The van der Waals surface area contributed by atoms with Crippen LogP contribution in [0.15, 0.2) is 53.4 Å². The van der Waals surface area contributed by atoms with Gasteiger partial charge >= 0.3 is 0 Å². The van der Waals surface area contributed by atoms with E-state index in [-0.39, 0.29) is 17.9 Å². The number of hydrogen-bond donors (Lipinski definition) is 1. The smallest absolute Gasteiger partial charge is 0.244 e. The van der Waals surface area contributed by atoms with Crippen molar-refractivity contribution in [1.29, 1.82) is 5.26 Å². The molecule has 0 radical (unpaired) electrons. The van der Waals surface area contributed by atoms with Gasteiger partial charge in [-0.2, -0.15) is 9.57 Å². The third kappa shape index (κ3) is 4.52. The number of rotatable bonds is 6. The molecule has 36 heavy (non-hydrogen) atoms. The number of fused-ring (bicyclic) bond motifs is 2. The van der Waals surface area contributed by atoms with Crippen molar-refractivity contribution in [2.75, 3.05) is 11.9 Å². The minimum Gasteiger partial charge on any atom is -0.494 e. The molecule has 1 aliphatic heterocycles. The molecule has 0 fully saturated rings. The summed E-state index contributed by atoms with van der Waals surface area (Å²) in [5, 5.41) is 13.2. The molecule has 1 aliphatic carbocycles. The highest BCUT2D eigenvalue weighted by atomic mass is 32.2. The number of ether oxygens (including phenoxy) is 1. The highest BCUT2D eigenvalue weighted by Gasteiger charge is 2.40. The first-order chi connectivity index (χ1) is 17.4. The number of nitrogens with zero attached hydrogens (tertiary/aromatic N) is 2. The molecular weight excluding hydrogens is 494 g/mol. The zero-order chi connectivity index (χ0) is 25.3. The van der Waals surface area contributed by atoms with Crippen LogP contribution < -0.4 is 10.1 Å². The predicted octanol–water partition coefficient (Wildman–Crippen LogP) is 4.65. The second kappa shape index (κ2) is 10.1. The van der Waals surface area contributed by atoms with E-state index in [1.807, 2.05) is 31.2 Å². The molecule has 2 aromatic carbocycles. The van der Waals surface area contributed by atoms with Crippen molar-refractivity contribution in [3.63, 3.8) is 0 Å². The van der Waals surface area contributed by atoms with Crippen LogP contribution in [0.5, 0.6) is 5.75 Å². The summed E-state index contributed by atoms with van der Waals surface area (Å²) in [6.07, 6.45) is 4.09. The Labute approximate surface area is 215 Å². The zero-order valence-electron chi connectivity index (χ0n) is 20.0. The van der Waals surface area contributed by atoms with Crippen LogP contribution in [0.1, 0.15) is 46.9 Å². The van der Waals surface area contributed by atoms with Gasteiger partial charge in [0.1, 0.15) is 22.9 Å². The second-order valence-corrected chi connectivity index (χ2v) is 12.0. The molecule has 9 heteroatoms. The first-order valence-electron chi connectivity index (χ1n) is 12.1. The summed E-state index contributed by atoms with van der Waals surface area (Å²) in [6.45, 7) is 2.44. The Bertz CT molecular complexity index is 1440. The standard InChI is InChI=1S/C27H27N3O4S2/c1-2-34-20-11-13-21(14-12-20)36(32,33)30-17-19-8-4-3-7-18(19)15-24(30)26(31)29-27-23(16-28)22-9-5-6-10-25(22)35-27/h3-4,7-8,11-14,24H,2,5-6,9-10,15,17H2,1H3,(H,29,31). The van der Waals surface area contributed by atoms with Crippen molar-refractivity contribution in [3.8, 4) is 11.8 Å². The summed E-state index contributed by atoms with van der Waals surface area (Å²) in [5.41, 5.74) is 3.36. The molecule has 7 nitrogen and oxygen atoms in total. The van der Waals surface area contributed by atoms with Crippen LogP contribution in [-0.2, 0) is 40.6 Å². The van der Waals surface area contributed by atoms with E-state index in [9.17, 15) is 18.5 Å². The van der Waals surface area contributed by atoms with E-state index >= 15 is 0 Å². The number of sulfonamides is 1. The van der Waals surface area contributed by atoms with Gasteiger partial charge in [-0.1, -0.05) is 24.3 Å². The molecule has 186 valence electrons. The van der Waals surface area contributed by atoms with E-state index in [1.54, 1.807) is 12.1 Å². The van der Waals surface area contributed by atoms with Crippen molar-refractivity contribution < 1.29 is 17.9 Å². The molecule has 1 N–H and O–H groups in total. The van der Waals surface area contributed by atoms with Crippen molar-refractivity contribution in [2.24, 2.45) is 0 Å². The second-order valence-electron chi connectivity index (χ2n) is 8.96. The summed E-state index contributed by atoms with van der Waals surface area (Å²) in [7, 11) is -3.99. The number of hydrogen-bond acceptors (Lipinski definition) is 6. The van der Waals surface area contributed by atoms with Gasteiger partial charge < -0.3 is 10.1 Å². The van der Waals surface area contributed by atoms with Gasteiger partial charge in [0.25, 0.3) is 0 Å². The van der Waals surface area contributed by atoms with Gasteiger partial charge in [-0.3, -0.25) is 4.79 Å². The third-order valence-corrected chi connectivity index (χ3v) is 9.85. The Morgan fingerprint density at radius 1 is 1.14 bits per heavy atom. The number of anilines is 1. The number of amides is 1. The molecule has 0 saturated heterocycles. The summed E-state index contributed by atoms with van der Waals surface area (Å²) in [5.74, 6) is 0.162. The molecule has 3 aromatic rings.